The quantitative estimate of drug-likeness (QED) is 0.310. The minimum atomic E-state index is -0.258. The molecule has 0 atom stereocenters. The van der Waals surface area contributed by atoms with Crippen LogP contribution >= 0.6 is 46.6 Å². The van der Waals surface area contributed by atoms with Crippen LogP contribution < -0.4 is 14.8 Å². The Morgan fingerprint density at radius 2 is 1.90 bits per heavy atom. The zero-order valence-corrected chi connectivity index (χ0v) is 20.1. The smallest absolute Gasteiger partial charge is 0.264 e. The highest BCUT2D eigenvalue weighted by Gasteiger charge is 2.24. The number of amidine groups is 1. The summed E-state index contributed by atoms with van der Waals surface area (Å²) in [5, 5.41) is 4.51. The van der Waals surface area contributed by atoms with Gasteiger partial charge in [0.25, 0.3) is 5.91 Å². The molecule has 0 aliphatic carbocycles. The maximum atomic E-state index is 12.4. The largest absolute Gasteiger partial charge is 0.490 e. The molecule has 0 saturated carbocycles. The van der Waals surface area contributed by atoms with Gasteiger partial charge in [0, 0.05) is 5.02 Å². The lowest BCUT2D eigenvalue weighted by molar-refractivity contribution is -0.115. The lowest BCUT2D eigenvalue weighted by Crippen LogP contribution is -2.19. The van der Waals surface area contributed by atoms with Crippen LogP contribution in [0.25, 0.3) is 6.08 Å². The molecule has 1 saturated heterocycles. The standard InChI is InChI=1S/C22H21Cl3N2O3S/c1-3-5-8-30-20-16(25)9-13(10-18(20)29-4-2)11-19-21(28)27-22(31-19)26-17-7-6-14(23)12-15(17)24/h6-7,9-12H,3-5,8H2,1-2H3,(H,26,27,28). The van der Waals surface area contributed by atoms with Gasteiger partial charge in [0.05, 0.1) is 33.9 Å². The Kier molecular flexibility index (Phi) is 8.55. The van der Waals surface area contributed by atoms with Crippen molar-refractivity contribution in [2.45, 2.75) is 26.7 Å². The number of nitrogens with zero attached hydrogens (tertiary/aromatic N) is 1. The number of thioether (sulfide) groups is 1. The van der Waals surface area contributed by atoms with Crippen molar-refractivity contribution < 1.29 is 14.3 Å². The van der Waals surface area contributed by atoms with Gasteiger partial charge < -0.3 is 14.8 Å². The average Bonchev–Trinajstić information content (AvgIpc) is 3.05. The molecule has 1 heterocycles. The van der Waals surface area contributed by atoms with E-state index in [9.17, 15) is 4.79 Å². The SMILES string of the molecule is CCCCOc1c(Cl)cc(C=C2SC(=Nc3ccc(Cl)cc3Cl)NC2=O)cc1OCC. The number of carbonyl (C=O) groups excluding carboxylic acids is 1. The van der Waals surface area contributed by atoms with E-state index in [4.69, 9.17) is 44.3 Å². The Morgan fingerprint density at radius 1 is 1.10 bits per heavy atom. The summed E-state index contributed by atoms with van der Waals surface area (Å²) >= 11 is 19.7. The number of rotatable bonds is 8. The maximum Gasteiger partial charge on any atom is 0.264 e. The highest BCUT2D eigenvalue weighted by molar-refractivity contribution is 8.18. The van der Waals surface area contributed by atoms with E-state index < -0.39 is 0 Å². The van der Waals surface area contributed by atoms with Crippen LogP contribution in [0.3, 0.4) is 0 Å². The predicted octanol–water partition coefficient (Wildman–Crippen LogP) is 7.12. The number of nitrogens with one attached hydrogen (secondary N) is 1. The number of hydrogen-bond acceptors (Lipinski definition) is 5. The second kappa shape index (κ2) is 11.1. The first-order chi connectivity index (χ1) is 14.9. The molecule has 1 N–H and O–H groups in total. The summed E-state index contributed by atoms with van der Waals surface area (Å²) in [5.74, 6) is 0.802. The molecule has 1 aliphatic heterocycles. The van der Waals surface area contributed by atoms with Gasteiger partial charge in [0.2, 0.25) is 0 Å². The number of unbranched alkanes of at least 4 members (excludes halogenated alkanes) is 1. The van der Waals surface area contributed by atoms with Gasteiger partial charge in [-0.1, -0.05) is 48.1 Å². The number of hydrogen-bond donors (Lipinski definition) is 1. The summed E-state index contributed by atoms with van der Waals surface area (Å²) in [6.45, 7) is 5.00. The molecule has 3 rings (SSSR count). The number of aliphatic imine (C=N–C) groups is 1. The Bertz CT molecular complexity index is 1040. The normalized spacial score (nSPS) is 16.1. The van der Waals surface area contributed by atoms with E-state index in [1.165, 1.54) is 11.8 Å². The van der Waals surface area contributed by atoms with E-state index in [-0.39, 0.29) is 5.91 Å². The number of halogens is 3. The van der Waals surface area contributed by atoms with Crippen molar-refractivity contribution in [3.63, 3.8) is 0 Å². The number of carbonyl (C=O) groups is 1. The Morgan fingerprint density at radius 3 is 2.61 bits per heavy atom. The Balaban J connectivity index is 1.85. The summed E-state index contributed by atoms with van der Waals surface area (Å²) in [7, 11) is 0. The molecule has 31 heavy (non-hydrogen) atoms. The molecule has 164 valence electrons. The van der Waals surface area contributed by atoms with E-state index in [1.54, 1.807) is 30.3 Å². The molecule has 0 unspecified atom stereocenters. The van der Waals surface area contributed by atoms with Crippen LogP contribution in [-0.2, 0) is 4.79 Å². The molecule has 0 bridgehead atoms. The first-order valence-corrected chi connectivity index (χ1v) is 11.7. The molecule has 1 aliphatic rings. The van der Waals surface area contributed by atoms with Crippen LogP contribution in [0, 0.1) is 0 Å². The highest BCUT2D eigenvalue weighted by atomic mass is 35.5. The molecule has 2 aromatic carbocycles. The summed E-state index contributed by atoms with van der Waals surface area (Å²) in [6, 6.07) is 8.53. The van der Waals surface area contributed by atoms with Crippen molar-refractivity contribution in [3.05, 3.63) is 55.9 Å². The van der Waals surface area contributed by atoms with E-state index >= 15 is 0 Å². The molecular formula is C22H21Cl3N2O3S. The third-order valence-electron chi connectivity index (χ3n) is 4.16. The van der Waals surface area contributed by atoms with Crippen LogP contribution in [0.4, 0.5) is 5.69 Å². The molecule has 1 amide bonds. The number of benzene rings is 2. The van der Waals surface area contributed by atoms with Crippen molar-refractivity contribution >= 4 is 69.4 Å². The molecule has 5 nitrogen and oxygen atoms in total. The zero-order valence-electron chi connectivity index (χ0n) is 17.0. The maximum absolute atomic E-state index is 12.4. The fourth-order valence-electron chi connectivity index (χ4n) is 2.71. The van der Waals surface area contributed by atoms with E-state index in [1.807, 2.05) is 13.0 Å². The van der Waals surface area contributed by atoms with Crippen LogP contribution in [0.2, 0.25) is 15.1 Å². The molecular weight excluding hydrogens is 479 g/mol. The van der Waals surface area contributed by atoms with Gasteiger partial charge in [-0.2, -0.15) is 0 Å². The van der Waals surface area contributed by atoms with Gasteiger partial charge >= 0.3 is 0 Å². The lowest BCUT2D eigenvalue weighted by Gasteiger charge is -2.14. The second-order valence-electron chi connectivity index (χ2n) is 6.54. The second-order valence-corrected chi connectivity index (χ2v) is 8.82. The summed E-state index contributed by atoms with van der Waals surface area (Å²) in [4.78, 5) is 17.3. The lowest BCUT2D eigenvalue weighted by atomic mass is 10.1. The van der Waals surface area contributed by atoms with E-state index in [0.717, 1.165) is 18.4 Å². The fraction of sp³-hybridized carbons (Fsp3) is 0.273. The van der Waals surface area contributed by atoms with Gasteiger partial charge in [-0.3, -0.25) is 4.79 Å². The average molecular weight is 500 g/mol. The minimum absolute atomic E-state index is 0.258. The van der Waals surface area contributed by atoms with Crippen LogP contribution in [0.5, 0.6) is 11.5 Å². The molecule has 0 radical (unpaired) electrons. The molecule has 0 spiro atoms. The van der Waals surface area contributed by atoms with Crippen LogP contribution in [0.1, 0.15) is 32.3 Å². The third kappa shape index (κ3) is 6.32. The predicted molar refractivity (Wildman–Crippen MR) is 130 cm³/mol. The van der Waals surface area contributed by atoms with E-state index in [0.29, 0.717) is 55.5 Å². The topological polar surface area (TPSA) is 59.9 Å². The number of ether oxygens (including phenoxy) is 2. The van der Waals surface area contributed by atoms with Gasteiger partial charge in [-0.25, -0.2) is 4.99 Å². The van der Waals surface area contributed by atoms with Gasteiger partial charge in [0.1, 0.15) is 0 Å². The van der Waals surface area contributed by atoms with Crippen LogP contribution in [0.15, 0.2) is 40.2 Å². The first kappa shape index (κ1) is 23.8. The molecule has 0 aromatic heterocycles. The summed E-state index contributed by atoms with van der Waals surface area (Å²) in [6.07, 6.45) is 3.67. The first-order valence-electron chi connectivity index (χ1n) is 9.75. The minimum Gasteiger partial charge on any atom is -0.490 e. The fourth-order valence-corrected chi connectivity index (χ4v) is 4.27. The Labute approximate surface area is 200 Å². The van der Waals surface area contributed by atoms with Crippen molar-refractivity contribution in [2.24, 2.45) is 4.99 Å². The third-order valence-corrected chi connectivity index (χ3v) is 5.88. The summed E-state index contributed by atoms with van der Waals surface area (Å²) < 4.78 is 11.5. The van der Waals surface area contributed by atoms with Crippen molar-refractivity contribution in [3.8, 4) is 11.5 Å². The monoisotopic (exact) mass is 498 g/mol. The van der Waals surface area contributed by atoms with Gasteiger partial charge in [-0.05, 0) is 67.1 Å². The van der Waals surface area contributed by atoms with Crippen molar-refractivity contribution in [2.75, 3.05) is 13.2 Å². The van der Waals surface area contributed by atoms with Gasteiger partial charge in [-0.15, -0.1) is 0 Å². The highest BCUT2D eigenvalue weighted by Crippen LogP contribution is 2.39. The van der Waals surface area contributed by atoms with E-state index in [2.05, 4.69) is 17.2 Å². The number of amides is 1. The van der Waals surface area contributed by atoms with Gasteiger partial charge in [0.15, 0.2) is 16.7 Å². The Hall–Kier alpha value is -1.86. The zero-order chi connectivity index (χ0) is 22.4. The molecule has 1 fully saturated rings. The van der Waals surface area contributed by atoms with Crippen LogP contribution in [-0.4, -0.2) is 24.3 Å². The summed E-state index contributed by atoms with van der Waals surface area (Å²) in [5.41, 5.74) is 1.24. The van der Waals surface area contributed by atoms with Crippen molar-refractivity contribution in [1.82, 2.24) is 5.32 Å². The molecule has 2 aromatic rings. The van der Waals surface area contributed by atoms with Crippen molar-refractivity contribution in [1.29, 1.82) is 0 Å². The molecule has 9 heteroatoms.